The van der Waals surface area contributed by atoms with E-state index in [9.17, 15) is 0 Å². The van der Waals surface area contributed by atoms with Crippen molar-refractivity contribution in [3.8, 4) is 0 Å². The van der Waals surface area contributed by atoms with Gasteiger partial charge in [-0.05, 0) is 98.1 Å². The molecule has 0 unspecified atom stereocenters. The summed E-state index contributed by atoms with van der Waals surface area (Å²) in [4.78, 5) is 0. The molecule has 0 heterocycles. The molecule has 0 aromatic heterocycles. The van der Waals surface area contributed by atoms with Crippen LogP contribution in [0.25, 0.3) is 5.57 Å². The summed E-state index contributed by atoms with van der Waals surface area (Å²) in [7, 11) is 0. The quantitative estimate of drug-likeness (QED) is 0.382. The molecule has 2 N–H and O–H groups in total. The fourth-order valence-electron chi connectivity index (χ4n) is 5.76. The van der Waals surface area contributed by atoms with Gasteiger partial charge in [0.05, 0.1) is 0 Å². The topological polar surface area (TPSA) is 24.1 Å². The Morgan fingerprint density at radius 2 is 1.64 bits per heavy atom. The maximum Gasteiger partial charge on any atom is 0.0408 e. The first-order valence-electron chi connectivity index (χ1n) is 14.4. The van der Waals surface area contributed by atoms with Crippen LogP contribution in [0, 0.1) is 11.8 Å². The molecule has 0 saturated heterocycles. The second-order valence-electron chi connectivity index (χ2n) is 11.5. The van der Waals surface area contributed by atoms with E-state index in [0.29, 0.717) is 17.4 Å². The second-order valence-corrected chi connectivity index (χ2v) is 11.5. The lowest BCUT2D eigenvalue weighted by molar-refractivity contribution is 0.465. The van der Waals surface area contributed by atoms with Gasteiger partial charge in [0.2, 0.25) is 0 Å². The summed E-state index contributed by atoms with van der Waals surface area (Å²) in [5.41, 5.74) is 9.71. The van der Waals surface area contributed by atoms with E-state index in [1.807, 2.05) is 6.92 Å². The average Bonchev–Trinajstić information content (AvgIpc) is 3.34. The zero-order chi connectivity index (χ0) is 26.1. The van der Waals surface area contributed by atoms with Crippen LogP contribution in [-0.4, -0.2) is 5.54 Å². The molecule has 0 atom stereocenters. The van der Waals surface area contributed by atoms with Crippen LogP contribution >= 0.6 is 0 Å². The fraction of sp³-hybridized carbons (Fsp3) is 0.529. The van der Waals surface area contributed by atoms with Crippen LogP contribution < -0.4 is 10.6 Å². The molecule has 0 bridgehead atoms. The molecular weight excluding hydrogens is 436 g/mol. The molecule has 1 aromatic carbocycles. The molecule has 2 heteroatoms. The van der Waals surface area contributed by atoms with Crippen LogP contribution in [0.3, 0.4) is 0 Å². The summed E-state index contributed by atoms with van der Waals surface area (Å²) in [6.45, 7) is 17.4. The standard InChI is InChI=1S/C19H25N.C15H25N/c1-2-19(14-6-7-15-19)20-18-12-10-17(11-13-18)16-8-4-3-5-9-16;1-10(2)13-8-7-9-14(11(3)4)15(13)16-12(5)6/h4,8-13,20H,2-3,5-7,14-15H2,1H3;8,10-11,16H,5,7,9H2,1-4,6H3. The van der Waals surface area contributed by atoms with Crippen molar-refractivity contribution in [3.63, 3.8) is 0 Å². The molecule has 0 amide bonds. The fourth-order valence-corrected chi connectivity index (χ4v) is 5.76. The lowest BCUT2D eigenvalue weighted by Gasteiger charge is -2.30. The van der Waals surface area contributed by atoms with Gasteiger partial charge in [0.1, 0.15) is 0 Å². The highest BCUT2D eigenvalue weighted by Gasteiger charge is 2.31. The first kappa shape index (κ1) is 28.1. The van der Waals surface area contributed by atoms with Gasteiger partial charge in [0, 0.05) is 22.6 Å². The summed E-state index contributed by atoms with van der Waals surface area (Å²) in [5, 5.41) is 7.26. The second kappa shape index (κ2) is 13.2. The smallest absolute Gasteiger partial charge is 0.0408 e. The Morgan fingerprint density at radius 1 is 0.944 bits per heavy atom. The maximum atomic E-state index is 3.96. The Kier molecular flexibility index (Phi) is 10.3. The lowest BCUT2D eigenvalue weighted by atomic mass is 9.84. The molecule has 0 spiro atoms. The number of hydrogen-bond acceptors (Lipinski definition) is 2. The molecule has 3 aliphatic rings. The first-order chi connectivity index (χ1) is 17.2. The van der Waals surface area contributed by atoms with Crippen molar-refractivity contribution in [1.29, 1.82) is 0 Å². The number of benzene rings is 1. The van der Waals surface area contributed by atoms with Crippen LogP contribution in [-0.2, 0) is 0 Å². The van der Waals surface area contributed by atoms with E-state index in [0.717, 1.165) is 5.70 Å². The van der Waals surface area contributed by atoms with E-state index < -0.39 is 0 Å². The molecule has 0 aliphatic heterocycles. The molecule has 4 rings (SSSR count). The Morgan fingerprint density at radius 3 is 2.17 bits per heavy atom. The van der Waals surface area contributed by atoms with Crippen LogP contribution in [0.5, 0.6) is 0 Å². The largest absolute Gasteiger partial charge is 0.380 e. The summed E-state index contributed by atoms with van der Waals surface area (Å²) in [6, 6.07) is 8.99. The summed E-state index contributed by atoms with van der Waals surface area (Å²) >= 11 is 0. The van der Waals surface area contributed by atoms with Crippen molar-refractivity contribution in [1.82, 2.24) is 5.32 Å². The van der Waals surface area contributed by atoms with Gasteiger partial charge in [-0.15, -0.1) is 0 Å². The summed E-state index contributed by atoms with van der Waals surface area (Å²) < 4.78 is 0. The lowest BCUT2D eigenvalue weighted by Crippen LogP contribution is -2.33. The van der Waals surface area contributed by atoms with Gasteiger partial charge >= 0.3 is 0 Å². The highest BCUT2D eigenvalue weighted by molar-refractivity contribution is 5.75. The van der Waals surface area contributed by atoms with Gasteiger partial charge < -0.3 is 10.6 Å². The molecule has 36 heavy (non-hydrogen) atoms. The Balaban J connectivity index is 0.000000207. The van der Waals surface area contributed by atoms with Crippen LogP contribution in [0.4, 0.5) is 5.69 Å². The van der Waals surface area contributed by atoms with Crippen LogP contribution in [0.1, 0.15) is 105 Å². The third kappa shape index (κ3) is 7.51. The number of allylic oxidation sites excluding steroid dienone is 8. The Bertz CT molecular complexity index is 992. The zero-order valence-electron chi connectivity index (χ0n) is 23.8. The number of nitrogens with one attached hydrogen (secondary N) is 2. The normalized spacial score (nSPS) is 19.0. The van der Waals surface area contributed by atoms with Gasteiger partial charge in [-0.1, -0.05) is 90.5 Å². The third-order valence-electron chi connectivity index (χ3n) is 7.91. The summed E-state index contributed by atoms with van der Waals surface area (Å²) in [5.74, 6) is 1.19. The minimum absolute atomic E-state index is 0.353. The molecular formula is C34H50N2. The Hall–Kier alpha value is -2.48. The first-order valence-corrected chi connectivity index (χ1v) is 14.4. The van der Waals surface area contributed by atoms with Crippen molar-refractivity contribution >= 4 is 11.3 Å². The number of rotatable bonds is 8. The monoisotopic (exact) mass is 486 g/mol. The SMILES string of the molecule is C=C(C)NC1=C(C(C)C)CCC=C1C(C)C.CCC1(Nc2ccc(C3=CCCC=C3)cc2)CCCC1. The minimum atomic E-state index is 0.353. The van der Waals surface area contributed by atoms with Crippen LogP contribution in [0.2, 0.25) is 0 Å². The molecule has 1 saturated carbocycles. The highest BCUT2D eigenvalue weighted by atomic mass is 15.0. The van der Waals surface area contributed by atoms with Crippen molar-refractivity contribution in [2.45, 2.75) is 105 Å². The predicted octanol–water partition coefficient (Wildman–Crippen LogP) is 9.95. The number of hydrogen-bond donors (Lipinski definition) is 2. The minimum Gasteiger partial charge on any atom is -0.380 e. The average molecular weight is 487 g/mol. The van der Waals surface area contributed by atoms with E-state index in [1.54, 1.807) is 5.57 Å². The van der Waals surface area contributed by atoms with Gasteiger partial charge in [-0.2, -0.15) is 0 Å². The van der Waals surface area contributed by atoms with Gasteiger partial charge in [0.25, 0.3) is 0 Å². The zero-order valence-corrected chi connectivity index (χ0v) is 23.8. The molecule has 3 aliphatic carbocycles. The molecule has 196 valence electrons. The number of anilines is 1. The molecule has 1 fully saturated rings. The van der Waals surface area contributed by atoms with Crippen LogP contribution in [0.15, 0.2) is 77.7 Å². The predicted molar refractivity (Wildman–Crippen MR) is 160 cm³/mol. The van der Waals surface area contributed by atoms with E-state index in [1.165, 1.54) is 85.9 Å². The van der Waals surface area contributed by atoms with Crippen molar-refractivity contribution in [3.05, 3.63) is 83.3 Å². The highest BCUT2D eigenvalue weighted by Crippen LogP contribution is 2.36. The van der Waals surface area contributed by atoms with Gasteiger partial charge in [0.15, 0.2) is 0 Å². The van der Waals surface area contributed by atoms with Crippen molar-refractivity contribution in [2.75, 3.05) is 5.32 Å². The third-order valence-corrected chi connectivity index (χ3v) is 7.91. The van der Waals surface area contributed by atoms with E-state index >= 15 is 0 Å². The maximum absolute atomic E-state index is 3.96. The van der Waals surface area contributed by atoms with E-state index in [-0.39, 0.29) is 0 Å². The summed E-state index contributed by atoms with van der Waals surface area (Å²) in [6.07, 6.45) is 20.6. The molecule has 2 nitrogen and oxygen atoms in total. The van der Waals surface area contributed by atoms with E-state index in [4.69, 9.17) is 0 Å². The van der Waals surface area contributed by atoms with Gasteiger partial charge in [-0.25, -0.2) is 0 Å². The van der Waals surface area contributed by atoms with Gasteiger partial charge in [-0.3, -0.25) is 0 Å². The molecule has 1 aromatic rings. The molecule has 0 radical (unpaired) electrons. The van der Waals surface area contributed by atoms with Crippen molar-refractivity contribution < 1.29 is 0 Å². The Labute approximate surface area is 221 Å². The van der Waals surface area contributed by atoms with Crippen molar-refractivity contribution in [2.24, 2.45) is 11.8 Å². The van der Waals surface area contributed by atoms with E-state index in [2.05, 4.69) is 100 Å².